The summed E-state index contributed by atoms with van der Waals surface area (Å²) in [5.74, 6) is -1.64. The van der Waals surface area contributed by atoms with E-state index in [0.29, 0.717) is 26.7 Å². The third-order valence-corrected chi connectivity index (χ3v) is 7.20. The third-order valence-electron chi connectivity index (χ3n) is 6.08. The topological polar surface area (TPSA) is 138 Å². The predicted octanol–water partition coefficient (Wildman–Crippen LogP) is 4.78. The quantitative estimate of drug-likeness (QED) is 0.104. The van der Waals surface area contributed by atoms with Crippen LogP contribution in [-0.4, -0.2) is 44.1 Å². The fraction of sp³-hybridized carbons (Fsp3) is 0.107. The number of hydrogen-bond donors (Lipinski definition) is 0. The Balaban J connectivity index is 1.55. The van der Waals surface area contributed by atoms with Gasteiger partial charge in [-0.05, 0) is 72.3 Å². The lowest BCUT2D eigenvalue weighted by Gasteiger charge is -2.28. The summed E-state index contributed by atoms with van der Waals surface area (Å²) in [7, 11) is 1.73. The highest BCUT2D eigenvalue weighted by atomic mass is 32.2. The van der Waals surface area contributed by atoms with E-state index in [2.05, 4.69) is 10.2 Å². The Morgan fingerprint density at radius 2 is 1.77 bits per heavy atom. The lowest BCUT2D eigenvalue weighted by molar-refractivity contribution is -0.387. The first-order valence-corrected chi connectivity index (χ1v) is 12.9. The molecule has 2 amide bonds. The maximum absolute atomic E-state index is 13.7. The number of nitro groups is 1. The average molecular weight is 556 g/mol. The minimum atomic E-state index is -0.604. The highest BCUT2D eigenvalue weighted by Gasteiger charge is 2.36. The summed E-state index contributed by atoms with van der Waals surface area (Å²) < 4.78 is 6.65. The predicted molar refractivity (Wildman–Crippen MR) is 147 cm³/mol. The van der Waals surface area contributed by atoms with Crippen LogP contribution < -0.4 is 4.90 Å². The third kappa shape index (κ3) is 4.99. The lowest BCUT2D eigenvalue weighted by Crippen LogP contribution is -2.41. The molecule has 0 saturated carbocycles. The number of nitro benzene ring substituents is 1. The van der Waals surface area contributed by atoms with Crippen LogP contribution in [0.4, 0.5) is 11.4 Å². The summed E-state index contributed by atoms with van der Waals surface area (Å²) in [4.78, 5) is 52.0. The first-order valence-electron chi connectivity index (χ1n) is 12.1. The highest BCUT2D eigenvalue weighted by molar-refractivity contribution is 7.99. The maximum Gasteiger partial charge on any atom is 0.338 e. The van der Waals surface area contributed by atoms with E-state index >= 15 is 0 Å². The molecule has 12 heteroatoms. The number of benzene rings is 3. The molecular weight excluding hydrogens is 534 g/mol. The zero-order valence-electron chi connectivity index (χ0n) is 21.3. The minimum Gasteiger partial charge on any atom is -0.462 e. The Hall–Kier alpha value is -5.10. The lowest BCUT2D eigenvalue weighted by atomic mass is 9.91. The molecule has 0 saturated heterocycles. The molecule has 0 bridgehead atoms. The van der Waals surface area contributed by atoms with E-state index in [1.807, 2.05) is 0 Å². The van der Waals surface area contributed by atoms with Crippen molar-refractivity contribution >= 4 is 52.6 Å². The molecule has 0 aliphatic carbocycles. The number of carbonyl (C=O) groups is 3. The monoisotopic (exact) mass is 555 g/mol. The maximum atomic E-state index is 13.7. The molecule has 11 nitrogen and oxygen atoms in total. The van der Waals surface area contributed by atoms with Gasteiger partial charge in [-0.15, -0.1) is 10.2 Å². The molecule has 4 aromatic rings. The number of ether oxygens (including phenoxy) is 1. The number of amides is 2. The van der Waals surface area contributed by atoms with Crippen molar-refractivity contribution < 1.29 is 24.0 Å². The Morgan fingerprint density at radius 1 is 1.05 bits per heavy atom. The molecule has 1 aromatic heterocycles. The standard InChI is InChI=1S/C28H21N5O6S/c1-3-39-27(36)18-9-11-19(12-10-18)32-25(34)21-7-5-4-6-20(21)22(26(32)35)14-17-8-13-24(23(15-17)33(37)38)40-28-30-29-16-31(28)2/h4-16H,3H2,1-2H3/b22-14-. The average Bonchev–Trinajstić information content (AvgIpc) is 3.36. The van der Waals surface area contributed by atoms with E-state index in [4.69, 9.17) is 4.74 Å². The number of nitrogens with zero attached hydrogens (tertiary/aromatic N) is 5. The van der Waals surface area contributed by atoms with Gasteiger partial charge in [0.05, 0.1) is 27.7 Å². The number of hydrogen-bond acceptors (Lipinski definition) is 9. The molecule has 0 unspecified atom stereocenters. The van der Waals surface area contributed by atoms with Gasteiger partial charge in [0, 0.05) is 24.3 Å². The van der Waals surface area contributed by atoms with Gasteiger partial charge in [0.25, 0.3) is 17.5 Å². The van der Waals surface area contributed by atoms with Crippen molar-refractivity contribution in [2.45, 2.75) is 17.0 Å². The molecule has 40 heavy (non-hydrogen) atoms. The first kappa shape index (κ1) is 26.5. The van der Waals surface area contributed by atoms with Crippen molar-refractivity contribution in [2.75, 3.05) is 11.5 Å². The van der Waals surface area contributed by atoms with E-state index in [9.17, 15) is 24.5 Å². The van der Waals surface area contributed by atoms with Crippen LogP contribution in [0.5, 0.6) is 0 Å². The van der Waals surface area contributed by atoms with Crippen LogP contribution in [0.15, 0.2) is 83.1 Å². The van der Waals surface area contributed by atoms with Crippen molar-refractivity contribution in [3.63, 3.8) is 0 Å². The second-order valence-electron chi connectivity index (χ2n) is 8.63. The zero-order valence-corrected chi connectivity index (χ0v) is 22.1. The molecule has 0 fully saturated rings. The van der Waals surface area contributed by atoms with E-state index in [1.54, 1.807) is 54.9 Å². The van der Waals surface area contributed by atoms with Gasteiger partial charge in [0.2, 0.25) is 0 Å². The number of aryl methyl sites for hydroxylation is 1. The number of rotatable bonds is 7. The van der Waals surface area contributed by atoms with Gasteiger partial charge in [-0.2, -0.15) is 0 Å². The van der Waals surface area contributed by atoms with Crippen molar-refractivity contribution in [1.29, 1.82) is 0 Å². The van der Waals surface area contributed by atoms with Crippen LogP contribution in [0.2, 0.25) is 0 Å². The molecular formula is C28H21N5O6S. The first-order chi connectivity index (χ1) is 19.3. The molecule has 1 aliphatic rings. The molecule has 200 valence electrons. The minimum absolute atomic E-state index is 0.165. The molecule has 2 heterocycles. The fourth-order valence-corrected chi connectivity index (χ4v) is 5.02. The van der Waals surface area contributed by atoms with Crippen molar-refractivity contribution in [2.24, 2.45) is 7.05 Å². The van der Waals surface area contributed by atoms with E-state index in [1.165, 1.54) is 42.7 Å². The van der Waals surface area contributed by atoms with Gasteiger partial charge in [0.15, 0.2) is 5.16 Å². The number of esters is 1. The smallest absolute Gasteiger partial charge is 0.338 e. The molecule has 0 radical (unpaired) electrons. The van der Waals surface area contributed by atoms with Crippen LogP contribution >= 0.6 is 11.8 Å². The van der Waals surface area contributed by atoms with Gasteiger partial charge >= 0.3 is 5.97 Å². The summed E-state index contributed by atoms with van der Waals surface area (Å²) in [6, 6.07) is 17.2. The second kappa shape index (κ2) is 10.9. The van der Waals surface area contributed by atoms with Gasteiger partial charge in [-0.3, -0.25) is 19.7 Å². The van der Waals surface area contributed by atoms with Crippen molar-refractivity contribution in [3.05, 3.63) is 105 Å². The van der Waals surface area contributed by atoms with E-state index in [-0.39, 0.29) is 29.1 Å². The molecule has 0 atom stereocenters. The molecule has 5 rings (SSSR count). The summed E-state index contributed by atoms with van der Waals surface area (Å²) in [5, 5.41) is 20.2. The van der Waals surface area contributed by atoms with E-state index in [0.717, 1.165) is 16.7 Å². The fourth-order valence-electron chi connectivity index (χ4n) is 4.17. The molecule has 0 N–H and O–H groups in total. The Bertz CT molecular complexity index is 1700. The van der Waals surface area contributed by atoms with Crippen LogP contribution in [0, 0.1) is 10.1 Å². The van der Waals surface area contributed by atoms with Crippen LogP contribution in [0.3, 0.4) is 0 Å². The summed E-state index contributed by atoms with van der Waals surface area (Å²) >= 11 is 1.10. The highest BCUT2D eigenvalue weighted by Crippen LogP contribution is 2.37. The van der Waals surface area contributed by atoms with Crippen molar-refractivity contribution in [3.8, 4) is 0 Å². The number of anilines is 1. The Kier molecular flexibility index (Phi) is 7.25. The van der Waals surface area contributed by atoms with Gasteiger partial charge in [-0.25, -0.2) is 9.69 Å². The van der Waals surface area contributed by atoms with Crippen LogP contribution in [-0.2, 0) is 16.6 Å². The normalized spacial score (nSPS) is 13.8. The molecule has 1 aliphatic heterocycles. The van der Waals surface area contributed by atoms with E-state index < -0.39 is 22.7 Å². The SMILES string of the molecule is CCOC(=O)c1ccc(N2C(=O)/C(=C\c3ccc(Sc4nncn4C)c([N+](=O)[O-])c3)c3ccccc3C2=O)cc1. The zero-order chi connectivity index (χ0) is 28.4. The number of carbonyl (C=O) groups excluding carboxylic acids is 3. The molecule has 3 aromatic carbocycles. The van der Waals surface area contributed by atoms with Gasteiger partial charge < -0.3 is 9.30 Å². The summed E-state index contributed by atoms with van der Waals surface area (Å²) in [6.07, 6.45) is 3.02. The Morgan fingerprint density at radius 3 is 2.42 bits per heavy atom. The van der Waals surface area contributed by atoms with Crippen LogP contribution in [0.25, 0.3) is 11.6 Å². The largest absolute Gasteiger partial charge is 0.462 e. The van der Waals surface area contributed by atoms with Gasteiger partial charge in [-0.1, -0.05) is 24.3 Å². The number of imide groups is 1. The Labute approximate surface area is 232 Å². The number of fused-ring (bicyclic) bond motifs is 1. The van der Waals surface area contributed by atoms with Gasteiger partial charge in [0.1, 0.15) is 6.33 Å². The number of aromatic nitrogens is 3. The summed E-state index contributed by atoms with van der Waals surface area (Å²) in [6.45, 7) is 1.91. The summed E-state index contributed by atoms with van der Waals surface area (Å²) in [5.41, 5.74) is 1.69. The second-order valence-corrected chi connectivity index (χ2v) is 9.64. The molecule has 0 spiro atoms. The van der Waals surface area contributed by atoms with Crippen molar-refractivity contribution in [1.82, 2.24) is 14.8 Å². The van der Waals surface area contributed by atoms with Crippen LogP contribution in [0.1, 0.15) is 38.8 Å².